The first-order valence-corrected chi connectivity index (χ1v) is 9.65. The lowest BCUT2D eigenvalue weighted by atomic mass is 10.2. The van der Waals surface area contributed by atoms with Gasteiger partial charge in [0.25, 0.3) is 0 Å². The molecule has 0 unspecified atom stereocenters. The number of aryl methyl sites for hydroxylation is 1. The number of aromatic nitrogens is 2. The van der Waals surface area contributed by atoms with E-state index in [0.717, 1.165) is 55.3 Å². The van der Waals surface area contributed by atoms with Crippen molar-refractivity contribution >= 4 is 28.5 Å². The van der Waals surface area contributed by atoms with Crippen molar-refractivity contribution in [2.45, 2.75) is 33.7 Å². The minimum absolute atomic E-state index is 0.00463. The molecule has 146 valence electrons. The summed E-state index contributed by atoms with van der Waals surface area (Å²) in [5, 5.41) is 2.93. The average Bonchev–Trinajstić information content (AvgIpc) is 2.96. The summed E-state index contributed by atoms with van der Waals surface area (Å²) in [5.41, 5.74) is 2.71. The fraction of sp³-hybridized carbons (Fsp3) is 0.550. The first-order chi connectivity index (χ1) is 12.9. The molecule has 0 atom stereocenters. The number of benzene rings is 1. The van der Waals surface area contributed by atoms with Crippen LogP contribution in [0.15, 0.2) is 18.2 Å². The Labute approximate surface area is 160 Å². The SMILES string of the molecule is CCC(=O)N1CCN(Cc2nc3cc(NC(=O)C(C)C)ccc3n2C)CC1. The predicted octanol–water partition coefficient (Wildman–Crippen LogP) is 2.22. The van der Waals surface area contributed by atoms with Gasteiger partial charge >= 0.3 is 0 Å². The molecule has 2 heterocycles. The van der Waals surface area contributed by atoms with E-state index >= 15 is 0 Å². The first kappa shape index (κ1) is 19.4. The Morgan fingerprint density at radius 3 is 2.52 bits per heavy atom. The van der Waals surface area contributed by atoms with Gasteiger partial charge in [-0.05, 0) is 18.2 Å². The average molecular weight is 371 g/mol. The molecule has 1 N–H and O–H groups in total. The Kier molecular flexibility index (Phi) is 5.79. The molecule has 1 aliphatic rings. The van der Waals surface area contributed by atoms with Crippen molar-refractivity contribution in [1.29, 1.82) is 0 Å². The van der Waals surface area contributed by atoms with E-state index in [-0.39, 0.29) is 17.7 Å². The molecule has 0 bridgehead atoms. The van der Waals surface area contributed by atoms with Crippen LogP contribution in [0.3, 0.4) is 0 Å². The molecular weight excluding hydrogens is 342 g/mol. The van der Waals surface area contributed by atoms with Gasteiger partial charge in [0.05, 0.1) is 17.6 Å². The van der Waals surface area contributed by atoms with Crippen LogP contribution in [0.25, 0.3) is 11.0 Å². The number of imidazole rings is 1. The largest absolute Gasteiger partial charge is 0.340 e. The van der Waals surface area contributed by atoms with Gasteiger partial charge in [-0.25, -0.2) is 4.98 Å². The highest BCUT2D eigenvalue weighted by Crippen LogP contribution is 2.21. The molecular formula is C20H29N5O2. The second-order valence-electron chi connectivity index (χ2n) is 7.44. The zero-order chi connectivity index (χ0) is 19.6. The summed E-state index contributed by atoms with van der Waals surface area (Å²) in [6, 6.07) is 5.85. The third kappa shape index (κ3) is 4.30. The lowest BCUT2D eigenvalue weighted by Gasteiger charge is -2.34. The highest BCUT2D eigenvalue weighted by Gasteiger charge is 2.21. The zero-order valence-electron chi connectivity index (χ0n) is 16.7. The highest BCUT2D eigenvalue weighted by atomic mass is 16.2. The maximum Gasteiger partial charge on any atom is 0.226 e. The third-order valence-corrected chi connectivity index (χ3v) is 5.16. The summed E-state index contributed by atoms with van der Waals surface area (Å²) in [7, 11) is 2.02. The minimum atomic E-state index is -0.0572. The summed E-state index contributed by atoms with van der Waals surface area (Å²) >= 11 is 0. The maximum atomic E-state index is 11.9. The Balaban J connectivity index is 1.69. The molecule has 7 nitrogen and oxygen atoms in total. The lowest BCUT2D eigenvalue weighted by molar-refractivity contribution is -0.132. The van der Waals surface area contributed by atoms with E-state index < -0.39 is 0 Å². The summed E-state index contributed by atoms with van der Waals surface area (Å²) in [6.45, 7) is 9.71. The van der Waals surface area contributed by atoms with Crippen molar-refractivity contribution in [2.24, 2.45) is 13.0 Å². The van der Waals surface area contributed by atoms with Crippen molar-refractivity contribution in [3.8, 4) is 0 Å². The molecule has 27 heavy (non-hydrogen) atoms. The molecule has 7 heteroatoms. The number of rotatable bonds is 5. The smallest absolute Gasteiger partial charge is 0.226 e. The van der Waals surface area contributed by atoms with E-state index in [1.807, 2.05) is 50.9 Å². The van der Waals surface area contributed by atoms with Crippen molar-refractivity contribution in [2.75, 3.05) is 31.5 Å². The second kappa shape index (κ2) is 8.08. The lowest BCUT2D eigenvalue weighted by Crippen LogP contribution is -2.48. The molecule has 0 saturated carbocycles. The van der Waals surface area contributed by atoms with Crippen LogP contribution >= 0.6 is 0 Å². The van der Waals surface area contributed by atoms with Gasteiger partial charge in [-0.2, -0.15) is 0 Å². The van der Waals surface area contributed by atoms with Crippen LogP contribution in [0.4, 0.5) is 5.69 Å². The zero-order valence-corrected chi connectivity index (χ0v) is 16.7. The number of fused-ring (bicyclic) bond motifs is 1. The van der Waals surface area contributed by atoms with Gasteiger partial charge in [0, 0.05) is 51.3 Å². The predicted molar refractivity (Wildman–Crippen MR) is 106 cm³/mol. The molecule has 0 radical (unpaired) electrons. The summed E-state index contributed by atoms with van der Waals surface area (Å²) in [5.74, 6) is 1.17. The first-order valence-electron chi connectivity index (χ1n) is 9.65. The van der Waals surface area contributed by atoms with Crippen molar-refractivity contribution in [3.05, 3.63) is 24.0 Å². The molecule has 2 amide bonds. The molecule has 0 aliphatic carbocycles. The van der Waals surface area contributed by atoms with Crippen molar-refractivity contribution in [3.63, 3.8) is 0 Å². The Bertz CT molecular complexity index is 834. The van der Waals surface area contributed by atoms with E-state index in [4.69, 9.17) is 4.98 Å². The standard InChI is InChI=1S/C20H29N5O2/c1-5-19(26)25-10-8-24(9-11-25)13-18-22-16-12-15(21-20(27)14(2)3)6-7-17(16)23(18)4/h6-7,12,14H,5,8-11,13H2,1-4H3,(H,21,27). The van der Waals surface area contributed by atoms with E-state index in [9.17, 15) is 9.59 Å². The number of hydrogen-bond acceptors (Lipinski definition) is 4. The molecule has 1 saturated heterocycles. The van der Waals surface area contributed by atoms with Crippen LogP contribution in [0.1, 0.15) is 33.0 Å². The molecule has 1 fully saturated rings. The number of carbonyl (C=O) groups is 2. The molecule has 1 aromatic heterocycles. The Morgan fingerprint density at radius 1 is 1.19 bits per heavy atom. The normalized spacial score (nSPS) is 15.5. The fourth-order valence-electron chi connectivity index (χ4n) is 3.33. The summed E-state index contributed by atoms with van der Waals surface area (Å²) < 4.78 is 2.10. The van der Waals surface area contributed by atoms with E-state index in [0.29, 0.717) is 6.42 Å². The van der Waals surface area contributed by atoms with Crippen LogP contribution in [-0.4, -0.2) is 57.3 Å². The van der Waals surface area contributed by atoms with Crippen LogP contribution in [0.5, 0.6) is 0 Å². The van der Waals surface area contributed by atoms with Crippen LogP contribution in [0.2, 0.25) is 0 Å². The number of amides is 2. The summed E-state index contributed by atoms with van der Waals surface area (Å²) in [4.78, 5) is 32.8. The summed E-state index contributed by atoms with van der Waals surface area (Å²) in [6.07, 6.45) is 0.570. The minimum Gasteiger partial charge on any atom is -0.340 e. The van der Waals surface area contributed by atoms with Crippen LogP contribution in [-0.2, 0) is 23.2 Å². The third-order valence-electron chi connectivity index (χ3n) is 5.16. The van der Waals surface area contributed by atoms with E-state index in [1.54, 1.807) is 0 Å². The van der Waals surface area contributed by atoms with Gasteiger partial charge in [0.2, 0.25) is 11.8 Å². The topological polar surface area (TPSA) is 70.5 Å². The number of nitrogens with zero attached hydrogens (tertiary/aromatic N) is 4. The molecule has 3 rings (SSSR count). The number of anilines is 1. The molecule has 1 aromatic carbocycles. The van der Waals surface area contributed by atoms with Gasteiger partial charge < -0.3 is 14.8 Å². The second-order valence-corrected chi connectivity index (χ2v) is 7.44. The molecule has 1 aliphatic heterocycles. The fourth-order valence-corrected chi connectivity index (χ4v) is 3.33. The molecule has 0 spiro atoms. The van der Waals surface area contributed by atoms with Gasteiger partial charge in [-0.15, -0.1) is 0 Å². The Morgan fingerprint density at radius 2 is 1.89 bits per heavy atom. The highest BCUT2D eigenvalue weighted by molar-refractivity contribution is 5.94. The van der Waals surface area contributed by atoms with Gasteiger partial charge in [-0.1, -0.05) is 20.8 Å². The van der Waals surface area contributed by atoms with Crippen molar-refractivity contribution < 1.29 is 9.59 Å². The monoisotopic (exact) mass is 371 g/mol. The van der Waals surface area contributed by atoms with E-state index in [2.05, 4.69) is 14.8 Å². The van der Waals surface area contributed by atoms with Gasteiger partial charge in [0.1, 0.15) is 5.82 Å². The van der Waals surface area contributed by atoms with Crippen LogP contribution in [0, 0.1) is 5.92 Å². The molecule has 2 aromatic rings. The van der Waals surface area contributed by atoms with Gasteiger partial charge in [0.15, 0.2) is 0 Å². The number of hydrogen-bond donors (Lipinski definition) is 1. The number of carbonyl (C=O) groups excluding carboxylic acids is 2. The van der Waals surface area contributed by atoms with Gasteiger partial charge in [-0.3, -0.25) is 14.5 Å². The maximum absolute atomic E-state index is 11.9. The number of piperazine rings is 1. The Hall–Kier alpha value is -2.41. The van der Waals surface area contributed by atoms with E-state index in [1.165, 1.54) is 0 Å². The van der Waals surface area contributed by atoms with Crippen LogP contribution < -0.4 is 5.32 Å². The quantitative estimate of drug-likeness (QED) is 0.875. The van der Waals surface area contributed by atoms with Crippen molar-refractivity contribution in [1.82, 2.24) is 19.4 Å². The number of nitrogens with one attached hydrogen (secondary N) is 1.